The van der Waals surface area contributed by atoms with Crippen molar-refractivity contribution in [3.05, 3.63) is 36.0 Å². The topological polar surface area (TPSA) is 76.7 Å². The molecule has 1 fully saturated rings. The molecule has 1 aromatic heterocycles. The van der Waals surface area contributed by atoms with Crippen molar-refractivity contribution in [2.24, 2.45) is 0 Å². The molecule has 130 valence electrons. The molecule has 1 aliphatic rings. The fraction of sp³-hybridized carbons (Fsp3) is 0.438. The molecule has 0 unspecified atom stereocenters. The smallest absolute Gasteiger partial charge is 0.281 e. The number of benzene rings is 1. The Hall–Kier alpha value is -1.90. The highest BCUT2D eigenvalue weighted by Gasteiger charge is 2.30. The summed E-state index contributed by atoms with van der Waals surface area (Å²) in [6, 6.07) is 7.88. The zero-order valence-corrected chi connectivity index (χ0v) is 14.7. The molecule has 2 heterocycles. The predicted molar refractivity (Wildman–Crippen MR) is 92.8 cm³/mol. The Kier molecular flexibility index (Phi) is 4.62. The normalized spacial score (nSPS) is 16.9. The molecule has 0 radical (unpaired) electrons. The quantitative estimate of drug-likeness (QED) is 0.880. The van der Waals surface area contributed by atoms with E-state index in [0.717, 1.165) is 16.5 Å². The van der Waals surface area contributed by atoms with Crippen molar-refractivity contribution in [3.63, 3.8) is 0 Å². The Labute approximate surface area is 142 Å². The van der Waals surface area contributed by atoms with Crippen LogP contribution in [0.4, 0.5) is 0 Å². The van der Waals surface area contributed by atoms with Gasteiger partial charge in [-0.1, -0.05) is 18.2 Å². The lowest BCUT2D eigenvalue weighted by atomic mass is 10.1. The zero-order chi connectivity index (χ0) is 17.3. The van der Waals surface area contributed by atoms with E-state index in [4.69, 9.17) is 0 Å². The van der Waals surface area contributed by atoms with E-state index >= 15 is 0 Å². The number of carbonyl (C=O) groups is 1. The van der Waals surface area contributed by atoms with Crippen LogP contribution in [0.1, 0.15) is 5.56 Å². The van der Waals surface area contributed by atoms with Crippen LogP contribution in [0.3, 0.4) is 0 Å². The summed E-state index contributed by atoms with van der Waals surface area (Å²) in [4.78, 5) is 17.4. The van der Waals surface area contributed by atoms with Crippen molar-refractivity contribution >= 4 is 27.0 Å². The number of amides is 1. The average molecular weight is 350 g/mol. The van der Waals surface area contributed by atoms with Crippen LogP contribution in [-0.2, 0) is 21.4 Å². The zero-order valence-electron chi connectivity index (χ0n) is 13.9. The van der Waals surface area contributed by atoms with Gasteiger partial charge in [0.2, 0.25) is 5.91 Å². The number of rotatable bonds is 4. The molecule has 1 N–H and O–H groups in total. The molecule has 7 nitrogen and oxygen atoms in total. The summed E-state index contributed by atoms with van der Waals surface area (Å²) in [6.07, 6.45) is 2.19. The molecule has 2 aromatic rings. The van der Waals surface area contributed by atoms with Gasteiger partial charge in [0.1, 0.15) is 0 Å². The van der Waals surface area contributed by atoms with Gasteiger partial charge in [0, 0.05) is 57.4 Å². The molecular weight excluding hydrogens is 328 g/mol. The van der Waals surface area contributed by atoms with Gasteiger partial charge in [-0.2, -0.15) is 17.0 Å². The average Bonchev–Trinajstić information content (AvgIpc) is 2.98. The van der Waals surface area contributed by atoms with Crippen molar-refractivity contribution in [2.75, 3.05) is 40.3 Å². The number of fused-ring (bicyclic) bond motifs is 1. The molecule has 8 heteroatoms. The number of aromatic amines is 1. The minimum Gasteiger partial charge on any atom is -0.361 e. The Morgan fingerprint density at radius 3 is 2.50 bits per heavy atom. The maximum absolute atomic E-state index is 12.5. The third-order valence-electron chi connectivity index (χ3n) is 4.40. The van der Waals surface area contributed by atoms with E-state index in [2.05, 4.69) is 4.98 Å². The van der Waals surface area contributed by atoms with E-state index in [-0.39, 0.29) is 5.91 Å². The van der Waals surface area contributed by atoms with Crippen molar-refractivity contribution in [1.29, 1.82) is 0 Å². The number of aromatic nitrogens is 1. The van der Waals surface area contributed by atoms with Crippen molar-refractivity contribution in [3.8, 4) is 0 Å². The van der Waals surface area contributed by atoms with Crippen LogP contribution in [0.5, 0.6) is 0 Å². The second-order valence-electron chi connectivity index (χ2n) is 6.11. The van der Waals surface area contributed by atoms with Crippen LogP contribution in [0.15, 0.2) is 30.5 Å². The summed E-state index contributed by atoms with van der Waals surface area (Å²) in [6.45, 7) is 1.52. The number of nitrogens with zero attached hydrogens (tertiary/aromatic N) is 3. The summed E-state index contributed by atoms with van der Waals surface area (Å²) >= 11 is 0. The first-order chi connectivity index (χ1) is 11.4. The Morgan fingerprint density at radius 1 is 1.17 bits per heavy atom. The molecule has 0 bridgehead atoms. The van der Waals surface area contributed by atoms with Gasteiger partial charge in [0.25, 0.3) is 10.2 Å². The van der Waals surface area contributed by atoms with Crippen molar-refractivity contribution in [2.45, 2.75) is 6.42 Å². The standard InChI is InChI=1S/C16H22N4O3S/c1-18(2)24(22,23)20-9-7-19(8-10-20)16(21)11-13-12-17-15-6-4-3-5-14(13)15/h3-6,12,17H,7-11H2,1-2H3. The van der Waals surface area contributed by atoms with Crippen molar-refractivity contribution in [1.82, 2.24) is 18.5 Å². The van der Waals surface area contributed by atoms with E-state index in [0.29, 0.717) is 32.6 Å². The molecule has 24 heavy (non-hydrogen) atoms. The lowest BCUT2D eigenvalue weighted by Gasteiger charge is -2.35. The van der Waals surface area contributed by atoms with Crippen LogP contribution in [0, 0.1) is 0 Å². The molecule has 0 atom stereocenters. The number of hydrogen-bond acceptors (Lipinski definition) is 3. The van der Waals surface area contributed by atoms with Crippen molar-refractivity contribution < 1.29 is 13.2 Å². The Balaban J connectivity index is 1.64. The molecule has 3 rings (SSSR count). The maximum atomic E-state index is 12.5. The maximum Gasteiger partial charge on any atom is 0.281 e. The van der Waals surface area contributed by atoms with E-state index in [1.807, 2.05) is 30.5 Å². The molecule has 1 amide bonds. The van der Waals surface area contributed by atoms with Gasteiger partial charge in [0.15, 0.2) is 0 Å². The Bertz CT molecular complexity index is 836. The minimum absolute atomic E-state index is 0.0293. The first kappa shape index (κ1) is 16.9. The monoisotopic (exact) mass is 350 g/mol. The molecule has 1 aromatic carbocycles. The van der Waals surface area contributed by atoms with E-state index in [1.165, 1.54) is 22.7 Å². The summed E-state index contributed by atoms with van der Waals surface area (Å²) in [5.41, 5.74) is 1.99. The SMILES string of the molecule is CN(C)S(=O)(=O)N1CCN(C(=O)Cc2c[nH]c3ccccc23)CC1. The minimum atomic E-state index is -3.40. The highest BCUT2D eigenvalue weighted by molar-refractivity contribution is 7.86. The van der Waals surface area contributed by atoms with Crippen LogP contribution >= 0.6 is 0 Å². The van der Waals surface area contributed by atoms with Gasteiger partial charge < -0.3 is 9.88 Å². The largest absolute Gasteiger partial charge is 0.361 e. The summed E-state index contributed by atoms with van der Waals surface area (Å²) < 4.78 is 26.8. The fourth-order valence-corrected chi connectivity index (χ4v) is 4.04. The van der Waals surface area contributed by atoms with Crippen LogP contribution in [0.25, 0.3) is 10.9 Å². The number of carbonyl (C=O) groups excluding carboxylic acids is 1. The lowest BCUT2D eigenvalue weighted by molar-refractivity contribution is -0.131. The molecule has 1 saturated heterocycles. The highest BCUT2D eigenvalue weighted by atomic mass is 32.2. The molecule has 1 aliphatic heterocycles. The van der Waals surface area contributed by atoms with Crippen LogP contribution in [0.2, 0.25) is 0 Å². The lowest BCUT2D eigenvalue weighted by Crippen LogP contribution is -2.53. The van der Waals surface area contributed by atoms with Crippen LogP contribution < -0.4 is 0 Å². The second kappa shape index (κ2) is 6.54. The van der Waals surface area contributed by atoms with Gasteiger partial charge >= 0.3 is 0 Å². The number of hydrogen-bond donors (Lipinski definition) is 1. The van der Waals surface area contributed by atoms with Gasteiger partial charge in [0.05, 0.1) is 6.42 Å². The number of nitrogens with one attached hydrogen (secondary N) is 1. The third kappa shape index (κ3) is 3.17. The van der Waals surface area contributed by atoms with E-state index in [9.17, 15) is 13.2 Å². The summed E-state index contributed by atoms with van der Waals surface area (Å²) in [5.74, 6) is 0.0293. The summed E-state index contributed by atoms with van der Waals surface area (Å²) in [5, 5.41) is 1.06. The molecule has 0 spiro atoms. The molecule has 0 saturated carbocycles. The first-order valence-corrected chi connectivity index (χ1v) is 9.29. The van der Waals surface area contributed by atoms with E-state index in [1.54, 1.807) is 4.90 Å². The Morgan fingerprint density at radius 2 is 1.83 bits per heavy atom. The van der Waals surface area contributed by atoms with E-state index < -0.39 is 10.2 Å². The number of H-pyrrole nitrogens is 1. The first-order valence-electron chi connectivity index (χ1n) is 7.90. The van der Waals surface area contributed by atoms with Crippen LogP contribution in [-0.4, -0.2) is 73.1 Å². The van der Waals surface area contributed by atoms with Gasteiger partial charge in [-0.05, 0) is 11.6 Å². The van der Waals surface area contributed by atoms with Gasteiger partial charge in [-0.3, -0.25) is 4.79 Å². The third-order valence-corrected chi connectivity index (χ3v) is 6.34. The van der Waals surface area contributed by atoms with Gasteiger partial charge in [-0.25, -0.2) is 0 Å². The molecular formula is C16H22N4O3S. The summed E-state index contributed by atoms with van der Waals surface area (Å²) in [7, 11) is -0.369. The molecule has 0 aliphatic carbocycles. The number of para-hydroxylation sites is 1. The van der Waals surface area contributed by atoms with Gasteiger partial charge in [-0.15, -0.1) is 0 Å². The fourth-order valence-electron chi connectivity index (χ4n) is 2.95. The highest BCUT2D eigenvalue weighted by Crippen LogP contribution is 2.19. The number of piperazine rings is 1. The second-order valence-corrected chi connectivity index (χ2v) is 8.25. The predicted octanol–water partition coefficient (Wildman–Crippen LogP) is 0.661.